The van der Waals surface area contributed by atoms with Gasteiger partial charge in [-0.05, 0) is 55.9 Å². The number of benzene rings is 1. The predicted octanol–water partition coefficient (Wildman–Crippen LogP) is 3.53. The molecule has 0 heterocycles. The number of nitrogens with one attached hydrogen (secondary N) is 1. The second-order valence-corrected chi connectivity index (χ2v) is 6.08. The lowest BCUT2D eigenvalue weighted by molar-refractivity contribution is 0.340. The van der Waals surface area contributed by atoms with Crippen LogP contribution in [0.3, 0.4) is 0 Å². The number of nitrogens with two attached hydrogens (primary N) is 1. The Morgan fingerprint density at radius 3 is 2.32 bits per heavy atom. The molecule has 1 aromatic carbocycles. The lowest BCUT2D eigenvalue weighted by atomic mass is 9.92. The van der Waals surface area contributed by atoms with Crippen molar-refractivity contribution in [1.82, 2.24) is 5.32 Å². The van der Waals surface area contributed by atoms with E-state index in [2.05, 4.69) is 38.2 Å². The Balaban J connectivity index is 2.14. The van der Waals surface area contributed by atoms with Gasteiger partial charge in [-0.25, -0.2) is 0 Å². The summed E-state index contributed by atoms with van der Waals surface area (Å²) in [5, 5.41) is 3.78. The minimum Gasteiger partial charge on any atom is -0.329 e. The smallest absolute Gasteiger partial charge is 0.0449 e. The molecule has 1 fully saturated rings. The summed E-state index contributed by atoms with van der Waals surface area (Å²) < 4.78 is 0. The topological polar surface area (TPSA) is 38.0 Å². The minimum absolute atomic E-state index is 0.308. The summed E-state index contributed by atoms with van der Waals surface area (Å²) in [5.74, 6) is 0. The molecule has 0 saturated heterocycles. The van der Waals surface area contributed by atoms with Crippen LogP contribution >= 0.6 is 0 Å². The highest BCUT2D eigenvalue weighted by atomic mass is 15.0. The molecule has 1 saturated carbocycles. The van der Waals surface area contributed by atoms with Gasteiger partial charge < -0.3 is 11.1 Å². The molecule has 0 aromatic heterocycles. The maximum Gasteiger partial charge on any atom is 0.0449 e. The van der Waals surface area contributed by atoms with Crippen LogP contribution in [0.1, 0.15) is 60.4 Å². The maximum absolute atomic E-state index is 6.02. The molecule has 0 amide bonds. The van der Waals surface area contributed by atoms with E-state index in [1.807, 2.05) is 0 Å². The van der Waals surface area contributed by atoms with Crippen LogP contribution in [0.2, 0.25) is 0 Å². The molecular weight excluding hydrogens is 232 g/mol. The summed E-state index contributed by atoms with van der Waals surface area (Å²) in [7, 11) is 0. The first-order valence-electron chi connectivity index (χ1n) is 7.65. The summed E-state index contributed by atoms with van der Waals surface area (Å²) in [6.07, 6.45) is 6.73. The van der Waals surface area contributed by atoms with Crippen molar-refractivity contribution in [3.63, 3.8) is 0 Å². The molecule has 106 valence electrons. The Morgan fingerprint density at radius 2 is 1.68 bits per heavy atom. The molecule has 0 spiro atoms. The summed E-state index contributed by atoms with van der Waals surface area (Å²) >= 11 is 0. The van der Waals surface area contributed by atoms with E-state index >= 15 is 0 Å². The van der Waals surface area contributed by atoms with Crippen LogP contribution in [0, 0.1) is 20.8 Å². The lowest BCUT2D eigenvalue weighted by Gasteiger charge is -2.29. The van der Waals surface area contributed by atoms with Crippen LogP contribution < -0.4 is 11.1 Å². The third-order valence-electron chi connectivity index (χ3n) is 4.54. The van der Waals surface area contributed by atoms with Gasteiger partial charge in [-0.15, -0.1) is 0 Å². The van der Waals surface area contributed by atoms with Crippen molar-refractivity contribution >= 4 is 0 Å². The molecule has 0 bridgehead atoms. The van der Waals surface area contributed by atoms with E-state index < -0.39 is 0 Å². The van der Waals surface area contributed by atoms with E-state index in [0.29, 0.717) is 18.6 Å². The van der Waals surface area contributed by atoms with E-state index in [9.17, 15) is 0 Å². The molecule has 2 heteroatoms. The molecule has 2 rings (SSSR count). The highest BCUT2D eigenvalue weighted by Crippen LogP contribution is 2.25. The Hall–Kier alpha value is -0.860. The van der Waals surface area contributed by atoms with Crippen LogP contribution in [0.15, 0.2) is 12.1 Å². The van der Waals surface area contributed by atoms with E-state index in [0.717, 1.165) is 0 Å². The van der Waals surface area contributed by atoms with Crippen molar-refractivity contribution in [2.45, 2.75) is 65.0 Å². The van der Waals surface area contributed by atoms with Gasteiger partial charge in [0.05, 0.1) is 0 Å². The van der Waals surface area contributed by atoms with Gasteiger partial charge in [0.25, 0.3) is 0 Å². The minimum atomic E-state index is 0.308. The van der Waals surface area contributed by atoms with Crippen molar-refractivity contribution in [1.29, 1.82) is 0 Å². The fourth-order valence-corrected chi connectivity index (χ4v) is 3.20. The first kappa shape index (κ1) is 14.5. The number of hydrogen-bond acceptors (Lipinski definition) is 2. The quantitative estimate of drug-likeness (QED) is 0.869. The Morgan fingerprint density at radius 1 is 1.05 bits per heavy atom. The standard InChI is InChI=1S/C17H28N2/c1-12-9-14(3)16(10-13(12)2)17(11-18)19-15-7-5-4-6-8-15/h9-10,15,17,19H,4-8,11,18H2,1-3H3. The second kappa shape index (κ2) is 6.53. The Bertz CT molecular complexity index is 420. The van der Waals surface area contributed by atoms with Crippen molar-refractivity contribution in [2.75, 3.05) is 6.54 Å². The third kappa shape index (κ3) is 3.58. The Kier molecular flexibility index (Phi) is 5.00. The van der Waals surface area contributed by atoms with Crippen LogP contribution in [-0.4, -0.2) is 12.6 Å². The van der Waals surface area contributed by atoms with Crippen LogP contribution in [0.4, 0.5) is 0 Å². The van der Waals surface area contributed by atoms with Crippen LogP contribution in [-0.2, 0) is 0 Å². The molecule has 1 unspecified atom stereocenters. The lowest BCUT2D eigenvalue weighted by Crippen LogP contribution is -2.38. The third-order valence-corrected chi connectivity index (χ3v) is 4.54. The number of rotatable bonds is 4. The SMILES string of the molecule is Cc1cc(C)c(C(CN)NC2CCCCC2)cc1C. The summed E-state index contributed by atoms with van der Waals surface area (Å²) in [5.41, 5.74) is 11.5. The van der Waals surface area contributed by atoms with Gasteiger partial charge in [0.15, 0.2) is 0 Å². The van der Waals surface area contributed by atoms with Crippen LogP contribution in [0.5, 0.6) is 0 Å². The number of aryl methyl sites for hydroxylation is 3. The van der Waals surface area contributed by atoms with E-state index in [1.165, 1.54) is 54.4 Å². The molecule has 0 aliphatic heterocycles. The summed E-state index contributed by atoms with van der Waals surface area (Å²) in [6.45, 7) is 7.25. The van der Waals surface area contributed by atoms with Gasteiger partial charge in [0, 0.05) is 18.6 Å². The van der Waals surface area contributed by atoms with Crippen molar-refractivity contribution in [3.05, 3.63) is 34.4 Å². The normalized spacial score (nSPS) is 18.5. The van der Waals surface area contributed by atoms with Gasteiger partial charge in [0.2, 0.25) is 0 Å². The van der Waals surface area contributed by atoms with Gasteiger partial charge in [-0.1, -0.05) is 31.4 Å². The molecule has 1 atom stereocenters. The highest BCUT2D eigenvalue weighted by Gasteiger charge is 2.19. The first-order chi connectivity index (χ1) is 9.11. The zero-order valence-electron chi connectivity index (χ0n) is 12.6. The summed E-state index contributed by atoms with van der Waals surface area (Å²) in [4.78, 5) is 0. The van der Waals surface area contributed by atoms with Crippen molar-refractivity contribution in [3.8, 4) is 0 Å². The van der Waals surface area contributed by atoms with E-state index in [4.69, 9.17) is 5.73 Å². The average molecular weight is 260 g/mol. The largest absolute Gasteiger partial charge is 0.329 e. The molecule has 19 heavy (non-hydrogen) atoms. The van der Waals surface area contributed by atoms with E-state index in [-0.39, 0.29) is 0 Å². The molecule has 0 radical (unpaired) electrons. The highest BCUT2D eigenvalue weighted by molar-refractivity contribution is 5.38. The zero-order valence-corrected chi connectivity index (χ0v) is 12.6. The van der Waals surface area contributed by atoms with Crippen molar-refractivity contribution < 1.29 is 0 Å². The number of hydrogen-bond donors (Lipinski definition) is 2. The average Bonchev–Trinajstić information content (AvgIpc) is 2.42. The van der Waals surface area contributed by atoms with Gasteiger partial charge in [-0.3, -0.25) is 0 Å². The molecule has 3 N–H and O–H groups in total. The maximum atomic E-state index is 6.02. The zero-order chi connectivity index (χ0) is 13.8. The van der Waals surface area contributed by atoms with Gasteiger partial charge >= 0.3 is 0 Å². The Labute approximate surface area is 117 Å². The van der Waals surface area contributed by atoms with Crippen molar-refractivity contribution in [2.24, 2.45) is 5.73 Å². The van der Waals surface area contributed by atoms with E-state index in [1.54, 1.807) is 0 Å². The van der Waals surface area contributed by atoms with Crippen LogP contribution in [0.25, 0.3) is 0 Å². The molecule has 1 aromatic rings. The summed E-state index contributed by atoms with van der Waals surface area (Å²) in [6, 6.07) is 5.57. The second-order valence-electron chi connectivity index (χ2n) is 6.08. The fourth-order valence-electron chi connectivity index (χ4n) is 3.20. The first-order valence-corrected chi connectivity index (χ1v) is 7.65. The molecule has 1 aliphatic rings. The van der Waals surface area contributed by atoms with Gasteiger partial charge in [0.1, 0.15) is 0 Å². The monoisotopic (exact) mass is 260 g/mol. The molecular formula is C17H28N2. The molecule has 2 nitrogen and oxygen atoms in total. The van der Waals surface area contributed by atoms with Gasteiger partial charge in [-0.2, -0.15) is 0 Å². The predicted molar refractivity (Wildman–Crippen MR) is 82.5 cm³/mol. The fraction of sp³-hybridized carbons (Fsp3) is 0.647. The molecule has 1 aliphatic carbocycles.